The Kier molecular flexibility index (Phi) is 4.35. The molecule has 4 nitrogen and oxygen atoms in total. The molecule has 2 rings (SSSR count). The number of piperazine rings is 1. The minimum absolute atomic E-state index is 0.00228. The van der Waals surface area contributed by atoms with Crippen molar-refractivity contribution in [2.45, 2.75) is 52.1 Å². The van der Waals surface area contributed by atoms with E-state index in [2.05, 4.69) is 31.3 Å². The number of carbonyl (C=O) groups is 2. The van der Waals surface area contributed by atoms with Crippen LogP contribution < -0.4 is 5.32 Å². The van der Waals surface area contributed by atoms with Crippen molar-refractivity contribution in [3.05, 3.63) is 35.4 Å². The zero-order valence-electron chi connectivity index (χ0n) is 13.3. The van der Waals surface area contributed by atoms with E-state index in [0.717, 1.165) is 5.56 Å². The standard InChI is InChI=1S/C17H24N2O2/c1-5-17(4)16(21)19(11-15(20)18-17)10-13-6-8-14(9-7-13)12(2)3/h6-9,12H,5,10-11H2,1-4H3,(H,18,20). The molecule has 1 unspecified atom stereocenters. The van der Waals surface area contributed by atoms with Gasteiger partial charge in [-0.15, -0.1) is 0 Å². The predicted molar refractivity (Wildman–Crippen MR) is 82.8 cm³/mol. The minimum atomic E-state index is -0.771. The molecule has 0 spiro atoms. The average Bonchev–Trinajstić information content (AvgIpc) is 2.45. The molecule has 2 amide bonds. The molecule has 0 bridgehead atoms. The summed E-state index contributed by atoms with van der Waals surface area (Å²) in [6, 6.07) is 8.26. The van der Waals surface area contributed by atoms with E-state index in [1.807, 2.05) is 19.1 Å². The van der Waals surface area contributed by atoms with Gasteiger partial charge in [0, 0.05) is 6.54 Å². The molecule has 1 atom stereocenters. The van der Waals surface area contributed by atoms with Gasteiger partial charge in [-0.3, -0.25) is 9.59 Å². The predicted octanol–water partition coefficient (Wildman–Crippen LogP) is 2.44. The number of rotatable bonds is 4. The fraction of sp³-hybridized carbons (Fsp3) is 0.529. The quantitative estimate of drug-likeness (QED) is 0.925. The number of benzene rings is 1. The van der Waals surface area contributed by atoms with Gasteiger partial charge in [-0.1, -0.05) is 45.0 Å². The molecule has 0 saturated carbocycles. The molecule has 4 heteroatoms. The van der Waals surface area contributed by atoms with Crippen LogP contribution in [0.5, 0.6) is 0 Å². The summed E-state index contributed by atoms with van der Waals surface area (Å²) in [5, 5.41) is 2.80. The van der Waals surface area contributed by atoms with Gasteiger partial charge in [-0.05, 0) is 30.4 Å². The SMILES string of the molecule is CCC1(C)NC(=O)CN(Cc2ccc(C(C)C)cc2)C1=O. The van der Waals surface area contributed by atoms with Crippen molar-refractivity contribution in [2.24, 2.45) is 0 Å². The lowest BCUT2D eigenvalue weighted by atomic mass is 9.94. The van der Waals surface area contributed by atoms with Gasteiger partial charge in [0.2, 0.25) is 11.8 Å². The molecule has 1 saturated heterocycles. The molecule has 1 aliphatic heterocycles. The van der Waals surface area contributed by atoms with Crippen molar-refractivity contribution in [1.29, 1.82) is 0 Å². The van der Waals surface area contributed by atoms with Crippen LogP contribution in [0.1, 0.15) is 51.2 Å². The number of nitrogens with one attached hydrogen (secondary N) is 1. The van der Waals surface area contributed by atoms with E-state index in [9.17, 15) is 9.59 Å². The lowest BCUT2D eigenvalue weighted by molar-refractivity contribution is -0.149. The summed E-state index contributed by atoms with van der Waals surface area (Å²) in [5.41, 5.74) is 1.56. The Morgan fingerprint density at radius 3 is 2.38 bits per heavy atom. The lowest BCUT2D eigenvalue weighted by Gasteiger charge is -2.39. The molecule has 1 heterocycles. The topological polar surface area (TPSA) is 49.4 Å². The number of amides is 2. The molecule has 0 aromatic heterocycles. The zero-order chi connectivity index (χ0) is 15.6. The van der Waals surface area contributed by atoms with Crippen molar-refractivity contribution < 1.29 is 9.59 Å². The second kappa shape index (κ2) is 5.88. The molecule has 1 aromatic carbocycles. The molecule has 1 aromatic rings. The van der Waals surface area contributed by atoms with Crippen LogP contribution in [0.2, 0.25) is 0 Å². The van der Waals surface area contributed by atoms with E-state index < -0.39 is 5.54 Å². The first-order chi connectivity index (χ1) is 9.85. The first-order valence-corrected chi connectivity index (χ1v) is 7.55. The molecule has 1 N–H and O–H groups in total. The molecule has 114 valence electrons. The third-order valence-electron chi connectivity index (χ3n) is 4.24. The Morgan fingerprint density at radius 1 is 1.24 bits per heavy atom. The van der Waals surface area contributed by atoms with Crippen molar-refractivity contribution in [1.82, 2.24) is 10.2 Å². The Bertz CT molecular complexity index is 536. The van der Waals surface area contributed by atoms with Gasteiger partial charge in [-0.2, -0.15) is 0 Å². The number of carbonyl (C=O) groups excluding carboxylic acids is 2. The highest BCUT2D eigenvalue weighted by Gasteiger charge is 2.41. The largest absolute Gasteiger partial charge is 0.340 e. The van der Waals surface area contributed by atoms with E-state index in [4.69, 9.17) is 0 Å². The van der Waals surface area contributed by atoms with E-state index in [0.29, 0.717) is 18.9 Å². The summed E-state index contributed by atoms with van der Waals surface area (Å²) in [6.45, 7) is 8.64. The Labute approximate surface area is 126 Å². The fourth-order valence-corrected chi connectivity index (χ4v) is 2.59. The highest BCUT2D eigenvalue weighted by Crippen LogP contribution is 2.21. The average molecular weight is 288 g/mol. The van der Waals surface area contributed by atoms with E-state index in [1.54, 1.807) is 11.8 Å². The number of nitrogens with zero attached hydrogens (tertiary/aromatic N) is 1. The van der Waals surface area contributed by atoms with Gasteiger partial charge in [0.1, 0.15) is 5.54 Å². The normalized spacial score (nSPS) is 22.6. The maximum atomic E-state index is 12.5. The number of hydrogen-bond donors (Lipinski definition) is 1. The van der Waals surface area contributed by atoms with E-state index >= 15 is 0 Å². The van der Waals surface area contributed by atoms with Gasteiger partial charge >= 0.3 is 0 Å². The Hall–Kier alpha value is -1.84. The fourth-order valence-electron chi connectivity index (χ4n) is 2.59. The van der Waals surface area contributed by atoms with Crippen molar-refractivity contribution in [3.8, 4) is 0 Å². The smallest absolute Gasteiger partial charge is 0.248 e. The lowest BCUT2D eigenvalue weighted by Crippen LogP contribution is -2.64. The van der Waals surface area contributed by atoms with Crippen LogP contribution >= 0.6 is 0 Å². The summed E-state index contributed by atoms with van der Waals surface area (Å²) in [5.74, 6) is 0.403. The van der Waals surface area contributed by atoms with Crippen LogP contribution in [0, 0.1) is 0 Å². The van der Waals surface area contributed by atoms with Gasteiger partial charge in [0.25, 0.3) is 0 Å². The molecule has 1 aliphatic rings. The summed E-state index contributed by atoms with van der Waals surface area (Å²) in [7, 11) is 0. The van der Waals surface area contributed by atoms with Gasteiger partial charge in [-0.25, -0.2) is 0 Å². The maximum Gasteiger partial charge on any atom is 0.248 e. The Balaban J connectivity index is 2.14. The van der Waals surface area contributed by atoms with Crippen molar-refractivity contribution >= 4 is 11.8 Å². The summed E-state index contributed by atoms with van der Waals surface area (Å²) < 4.78 is 0. The summed E-state index contributed by atoms with van der Waals surface area (Å²) in [6.07, 6.45) is 0.598. The first kappa shape index (κ1) is 15.5. The second-order valence-electron chi connectivity index (χ2n) is 6.29. The third kappa shape index (κ3) is 3.26. The van der Waals surface area contributed by atoms with Gasteiger partial charge < -0.3 is 10.2 Å². The van der Waals surface area contributed by atoms with Crippen LogP contribution in [0.15, 0.2) is 24.3 Å². The molecular formula is C17H24N2O2. The van der Waals surface area contributed by atoms with Crippen LogP contribution in [-0.4, -0.2) is 28.8 Å². The van der Waals surface area contributed by atoms with Gasteiger partial charge in [0.15, 0.2) is 0 Å². The van der Waals surface area contributed by atoms with Crippen molar-refractivity contribution in [2.75, 3.05) is 6.54 Å². The molecular weight excluding hydrogens is 264 g/mol. The van der Waals surface area contributed by atoms with Crippen LogP contribution in [0.25, 0.3) is 0 Å². The monoisotopic (exact) mass is 288 g/mol. The first-order valence-electron chi connectivity index (χ1n) is 7.55. The number of hydrogen-bond acceptors (Lipinski definition) is 2. The minimum Gasteiger partial charge on any atom is -0.340 e. The highest BCUT2D eigenvalue weighted by atomic mass is 16.2. The molecule has 0 radical (unpaired) electrons. The van der Waals surface area contributed by atoms with E-state index in [-0.39, 0.29) is 18.4 Å². The maximum absolute atomic E-state index is 12.5. The molecule has 1 fully saturated rings. The summed E-state index contributed by atoms with van der Waals surface area (Å²) in [4.78, 5) is 26.0. The van der Waals surface area contributed by atoms with Crippen molar-refractivity contribution in [3.63, 3.8) is 0 Å². The van der Waals surface area contributed by atoms with Gasteiger partial charge in [0.05, 0.1) is 6.54 Å². The van der Waals surface area contributed by atoms with Crippen LogP contribution in [-0.2, 0) is 16.1 Å². The molecule has 0 aliphatic carbocycles. The van der Waals surface area contributed by atoms with Crippen LogP contribution in [0.3, 0.4) is 0 Å². The summed E-state index contributed by atoms with van der Waals surface area (Å²) >= 11 is 0. The molecule has 21 heavy (non-hydrogen) atoms. The third-order valence-corrected chi connectivity index (χ3v) is 4.24. The Morgan fingerprint density at radius 2 is 1.86 bits per heavy atom. The zero-order valence-corrected chi connectivity index (χ0v) is 13.3. The second-order valence-corrected chi connectivity index (χ2v) is 6.29. The highest BCUT2D eigenvalue weighted by molar-refractivity contribution is 5.97. The van der Waals surface area contributed by atoms with Crippen LogP contribution in [0.4, 0.5) is 0 Å². The van der Waals surface area contributed by atoms with E-state index in [1.165, 1.54) is 5.56 Å².